The lowest BCUT2D eigenvalue weighted by Gasteiger charge is -2.12. The van der Waals surface area contributed by atoms with Crippen LogP contribution in [-0.4, -0.2) is 39.2 Å². The molecule has 1 aromatic carbocycles. The van der Waals surface area contributed by atoms with Crippen molar-refractivity contribution in [2.24, 2.45) is 0 Å². The average molecular weight is 379 g/mol. The van der Waals surface area contributed by atoms with Gasteiger partial charge in [-0.05, 0) is 37.5 Å². The van der Waals surface area contributed by atoms with Crippen molar-refractivity contribution in [1.82, 2.24) is 5.32 Å². The van der Waals surface area contributed by atoms with E-state index in [2.05, 4.69) is 17.0 Å². The third kappa shape index (κ3) is 9.31. The minimum absolute atomic E-state index is 0.143. The highest BCUT2D eigenvalue weighted by atomic mass is 16.5. The summed E-state index contributed by atoms with van der Waals surface area (Å²) in [4.78, 5) is 23.3. The highest BCUT2D eigenvalue weighted by Crippen LogP contribution is 2.28. The summed E-state index contributed by atoms with van der Waals surface area (Å²) in [5.41, 5.74) is 0.541. The van der Waals surface area contributed by atoms with Gasteiger partial charge in [0.05, 0.1) is 20.8 Å². The van der Waals surface area contributed by atoms with Gasteiger partial charge in [0, 0.05) is 18.5 Å². The van der Waals surface area contributed by atoms with Crippen LogP contribution in [0.3, 0.4) is 0 Å². The molecule has 0 aliphatic heterocycles. The van der Waals surface area contributed by atoms with Gasteiger partial charge in [0.25, 0.3) is 5.91 Å². The minimum atomic E-state index is -0.196. The van der Waals surface area contributed by atoms with Crippen LogP contribution < -0.4 is 14.8 Å². The van der Waals surface area contributed by atoms with E-state index < -0.39 is 0 Å². The second kappa shape index (κ2) is 13.9. The fraction of sp³-hybridized carbons (Fsp3) is 0.619. The lowest BCUT2D eigenvalue weighted by atomic mass is 10.1. The Balaban J connectivity index is 2.38. The predicted octanol–water partition coefficient (Wildman–Crippen LogP) is 4.12. The Morgan fingerprint density at radius 3 is 2.44 bits per heavy atom. The maximum absolute atomic E-state index is 12.3. The summed E-state index contributed by atoms with van der Waals surface area (Å²) >= 11 is 0. The first kappa shape index (κ1) is 22.8. The van der Waals surface area contributed by atoms with Gasteiger partial charge in [-0.3, -0.25) is 9.59 Å². The molecule has 0 aromatic heterocycles. The van der Waals surface area contributed by atoms with E-state index in [9.17, 15) is 9.59 Å². The van der Waals surface area contributed by atoms with Crippen LogP contribution in [0.1, 0.15) is 68.6 Å². The van der Waals surface area contributed by atoms with E-state index in [1.807, 2.05) is 0 Å². The molecule has 1 aromatic rings. The summed E-state index contributed by atoms with van der Waals surface area (Å²) < 4.78 is 15.7. The van der Waals surface area contributed by atoms with Crippen molar-refractivity contribution in [2.75, 3.05) is 27.4 Å². The number of nitrogens with one attached hydrogen (secondary N) is 1. The molecule has 1 amide bonds. The van der Waals surface area contributed by atoms with Crippen molar-refractivity contribution in [3.05, 3.63) is 23.8 Å². The first-order valence-corrected chi connectivity index (χ1v) is 9.78. The monoisotopic (exact) mass is 379 g/mol. The molecule has 0 unspecified atom stereocenters. The highest BCUT2D eigenvalue weighted by Gasteiger charge is 2.11. The predicted molar refractivity (Wildman–Crippen MR) is 105 cm³/mol. The maximum Gasteiger partial charge on any atom is 0.305 e. The van der Waals surface area contributed by atoms with Crippen LogP contribution in [0.5, 0.6) is 11.5 Å². The molecule has 0 aliphatic rings. The van der Waals surface area contributed by atoms with Crippen LogP contribution in [0, 0.1) is 0 Å². The molecule has 1 rings (SSSR count). The van der Waals surface area contributed by atoms with Crippen LogP contribution in [-0.2, 0) is 9.53 Å². The van der Waals surface area contributed by atoms with E-state index in [-0.39, 0.29) is 11.9 Å². The van der Waals surface area contributed by atoms with E-state index in [1.165, 1.54) is 20.0 Å². The van der Waals surface area contributed by atoms with Gasteiger partial charge in [-0.15, -0.1) is 0 Å². The Kier molecular flexibility index (Phi) is 11.7. The number of ether oxygens (including phenoxy) is 3. The molecular formula is C21H33NO5. The summed E-state index contributed by atoms with van der Waals surface area (Å²) in [6.07, 6.45) is 7.43. The third-order valence-electron chi connectivity index (χ3n) is 4.25. The zero-order valence-corrected chi connectivity index (χ0v) is 16.8. The van der Waals surface area contributed by atoms with E-state index >= 15 is 0 Å². The van der Waals surface area contributed by atoms with Crippen molar-refractivity contribution in [2.45, 2.75) is 58.3 Å². The Hall–Kier alpha value is -2.24. The summed E-state index contributed by atoms with van der Waals surface area (Å²) in [6, 6.07) is 5.23. The SMILES string of the molecule is CCCCCCOc1ccc(C(=O)NCCCCCC(=O)OC)cc1OC. The number of hydrogen-bond acceptors (Lipinski definition) is 5. The van der Waals surface area contributed by atoms with E-state index in [4.69, 9.17) is 9.47 Å². The second-order valence-electron chi connectivity index (χ2n) is 6.42. The number of methoxy groups -OCH3 is 2. The topological polar surface area (TPSA) is 73.9 Å². The molecule has 0 spiro atoms. The van der Waals surface area contributed by atoms with Gasteiger partial charge >= 0.3 is 5.97 Å². The molecule has 0 heterocycles. The summed E-state index contributed by atoms with van der Waals surface area (Å²) in [5.74, 6) is 0.888. The van der Waals surface area contributed by atoms with Gasteiger partial charge in [0.15, 0.2) is 11.5 Å². The molecule has 152 valence electrons. The molecule has 6 heteroatoms. The zero-order chi connectivity index (χ0) is 19.9. The number of benzene rings is 1. The maximum atomic E-state index is 12.3. The summed E-state index contributed by atoms with van der Waals surface area (Å²) in [5, 5.41) is 2.89. The van der Waals surface area contributed by atoms with E-state index in [1.54, 1.807) is 25.3 Å². The molecule has 0 saturated carbocycles. The van der Waals surface area contributed by atoms with Gasteiger partial charge in [0.2, 0.25) is 0 Å². The number of carbonyl (C=O) groups is 2. The molecule has 27 heavy (non-hydrogen) atoms. The molecule has 0 fully saturated rings. The molecule has 0 saturated heterocycles. The van der Waals surface area contributed by atoms with Crippen LogP contribution in [0.15, 0.2) is 18.2 Å². The van der Waals surface area contributed by atoms with Gasteiger partial charge in [-0.1, -0.05) is 32.6 Å². The first-order valence-electron chi connectivity index (χ1n) is 9.78. The number of amides is 1. The lowest BCUT2D eigenvalue weighted by molar-refractivity contribution is -0.140. The smallest absolute Gasteiger partial charge is 0.305 e. The normalized spacial score (nSPS) is 10.3. The second-order valence-corrected chi connectivity index (χ2v) is 6.42. The highest BCUT2D eigenvalue weighted by molar-refractivity contribution is 5.94. The standard InChI is InChI=1S/C21H33NO5/c1-4-5-6-10-15-27-18-13-12-17(16-19(18)25-2)21(24)22-14-9-7-8-11-20(23)26-3/h12-13,16H,4-11,14-15H2,1-3H3,(H,22,24). The van der Waals surface area contributed by atoms with Crippen molar-refractivity contribution in [3.8, 4) is 11.5 Å². The summed E-state index contributed by atoms with van der Waals surface area (Å²) in [6.45, 7) is 3.39. The van der Waals surface area contributed by atoms with Crippen LogP contribution >= 0.6 is 0 Å². The largest absolute Gasteiger partial charge is 0.493 e. The molecule has 0 radical (unpaired) electrons. The quantitative estimate of drug-likeness (QED) is 0.389. The minimum Gasteiger partial charge on any atom is -0.493 e. The number of carbonyl (C=O) groups excluding carboxylic acids is 2. The number of unbranched alkanes of at least 4 members (excludes halogenated alkanes) is 5. The summed E-state index contributed by atoms with van der Waals surface area (Å²) in [7, 11) is 2.96. The van der Waals surface area contributed by atoms with Crippen molar-refractivity contribution >= 4 is 11.9 Å². The Morgan fingerprint density at radius 1 is 0.963 bits per heavy atom. The molecule has 0 atom stereocenters. The number of rotatable bonds is 14. The van der Waals surface area contributed by atoms with Crippen molar-refractivity contribution in [3.63, 3.8) is 0 Å². The Labute approximate surface area is 162 Å². The fourth-order valence-electron chi connectivity index (χ4n) is 2.62. The first-order chi connectivity index (χ1) is 13.1. The third-order valence-corrected chi connectivity index (χ3v) is 4.25. The van der Waals surface area contributed by atoms with E-state index in [0.29, 0.717) is 36.6 Å². The van der Waals surface area contributed by atoms with Gasteiger partial charge in [-0.25, -0.2) is 0 Å². The number of hydrogen-bond donors (Lipinski definition) is 1. The molecule has 0 bridgehead atoms. The molecule has 6 nitrogen and oxygen atoms in total. The van der Waals surface area contributed by atoms with Crippen LogP contribution in [0.25, 0.3) is 0 Å². The van der Waals surface area contributed by atoms with Crippen molar-refractivity contribution < 1.29 is 23.8 Å². The van der Waals surface area contributed by atoms with Crippen LogP contribution in [0.2, 0.25) is 0 Å². The Morgan fingerprint density at radius 2 is 1.74 bits per heavy atom. The van der Waals surface area contributed by atoms with Gasteiger partial charge in [0.1, 0.15) is 0 Å². The lowest BCUT2D eigenvalue weighted by Crippen LogP contribution is -2.24. The van der Waals surface area contributed by atoms with E-state index in [0.717, 1.165) is 32.1 Å². The molecule has 1 N–H and O–H groups in total. The number of esters is 1. The van der Waals surface area contributed by atoms with Crippen molar-refractivity contribution in [1.29, 1.82) is 0 Å². The fourth-order valence-corrected chi connectivity index (χ4v) is 2.62. The Bertz CT molecular complexity index is 574. The molecule has 0 aliphatic carbocycles. The zero-order valence-electron chi connectivity index (χ0n) is 16.8. The average Bonchev–Trinajstić information content (AvgIpc) is 2.69. The molecular weight excluding hydrogens is 346 g/mol. The van der Waals surface area contributed by atoms with Gasteiger partial charge in [-0.2, -0.15) is 0 Å². The van der Waals surface area contributed by atoms with Crippen LogP contribution in [0.4, 0.5) is 0 Å². The van der Waals surface area contributed by atoms with Gasteiger partial charge < -0.3 is 19.5 Å².